The van der Waals surface area contributed by atoms with Crippen LogP contribution in [0.4, 0.5) is 0 Å². The van der Waals surface area contributed by atoms with Crippen LogP contribution in [0.1, 0.15) is 37.8 Å². The Morgan fingerprint density at radius 3 is 2.38 bits per heavy atom. The first-order valence-corrected chi connectivity index (χ1v) is 8.43. The summed E-state index contributed by atoms with van der Waals surface area (Å²) in [5.41, 5.74) is 0.648. The van der Waals surface area contributed by atoms with Gasteiger partial charge in [-0.3, -0.25) is 0 Å². The van der Waals surface area contributed by atoms with Crippen molar-refractivity contribution in [1.29, 1.82) is 5.26 Å². The quantitative estimate of drug-likeness (QED) is 0.805. The predicted molar refractivity (Wildman–Crippen MR) is 81.2 cm³/mol. The molecule has 1 aromatic rings. The van der Waals surface area contributed by atoms with Crippen molar-refractivity contribution >= 4 is 10.0 Å². The van der Waals surface area contributed by atoms with E-state index in [0.29, 0.717) is 24.0 Å². The molecule has 0 heterocycles. The van der Waals surface area contributed by atoms with Crippen LogP contribution >= 0.6 is 0 Å². The molecule has 21 heavy (non-hydrogen) atoms. The third kappa shape index (κ3) is 4.03. The third-order valence-corrected chi connectivity index (χ3v) is 5.50. The number of rotatable bonds is 7. The minimum atomic E-state index is -3.64. The second-order valence-electron chi connectivity index (χ2n) is 5.28. The van der Waals surface area contributed by atoms with Crippen molar-refractivity contribution < 1.29 is 13.5 Å². The highest BCUT2D eigenvalue weighted by molar-refractivity contribution is 7.89. The lowest BCUT2D eigenvalue weighted by Crippen LogP contribution is -2.39. The summed E-state index contributed by atoms with van der Waals surface area (Å²) in [6.07, 6.45) is 1.38. The zero-order valence-corrected chi connectivity index (χ0v) is 13.5. The van der Waals surface area contributed by atoms with E-state index in [4.69, 9.17) is 5.26 Å². The van der Waals surface area contributed by atoms with Crippen molar-refractivity contribution in [2.45, 2.75) is 38.5 Å². The van der Waals surface area contributed by atoms with Gasteiger partial charge in [0.15, 0.2) is 0 Å². The number of sulfonamides is 1. The zero-order chi connectivity index (χ0) is 16.1. The molecule has 0 spiro atoms. The molecular formula is C15H22N2O3S. The second kappa shape index (κ2) is 7.03. The molecule has 0 atom stereocenters. The van der Waals surface area contributed by atoms with Gasteiger partial charge in [0.05, 0.1) is 16.5 Å². The summed E-state index contributed by atoms with van der Waals surface area (Å²) in [6, 6.07) is 6.42. The topological polar surface area (TPSA) is 90.2 Å². The lowest BCUT2D eigenvalue weighted by Gasteiger charge is -2.29. The van der Waals surface area contributed by atoms with Gasteiger partial charge in [-0.25, -0.2) is 13.1 Å². The van der Waals surface area contributed by atoms with Gasteiger partial charge in [0.2, 0.25) is 10.0 Å². The van der Waals surface area contributed by atoms with Gasteiger partial charge < -0.3 is 5.11 Å². The van der Waals surface area contributed by atoms with Crippen molar-refractivity contribution in [3.05, 3.63) is 29.3 Å². The first-order valence-electron chi connectivity index (χ1n) is 6.95. The van der Waals surface area contributed by atoms with Crippen LogP contribution in [0.15, 0.2) is 23.1 Å². The molecule has 0 saturated carbocycles. The normalized spacial score (nSPS) is 12.1. The van der Waals surface area contributed by atoms with Crippen molar-refractivity contribution in [1.82, 2.24) is 4.72 Å². The number of hydrogen-bond donors (Lipinski definition) is 2. The van der Waals surface area contributed by atoms with E-state index in [2.05, 4.69) is 4.72 Å². The van der Waals surface area contributed by atoms with E-state index in [9.17, 15) is 13.5 Å². The minimum absolute atomic E-state index is 0.0606. The number of aryl methyl sites for hydroxylation is 1. The first kappa shape index (κ1) is 17.6. The Labute approximate surface area is 126 Å². The summed E-state index contributed by atoms with van der Waals surface area (Å²) in [5.74, 6) is 0. The summed E-state index contributed by atoms with van der Waals surface area (Å²) < 4.78 is 27.2. The Morgan fingerprint density at radius 1 is 1.33 bits per heavy atom. The van der Waals surface area contributed by atoms with Crippen LogP contribution in [0.2, 0.25) is 0 Å². The smallest absolute Gasteiger partial charge is 0.240 e. The summed E-state index contributed by atoms with van der Waals surface area (Å²) in [5, 5.41) is 18.4. The number of nitrogens with one attached hydrogen (secondary N) is 1. The Kier molecular flexibility index (Phi) is 5.90. The van der Waals surface area contributed by atoms with Crippen LogP contribution in [-0.4, -0.2) is 26.7 Å². The van der Waals surface area contributed by atoms with Gasteiger partial charge in [-0.05, 0) is 43.5 Å². The fourth-order valence-corrected chi connectivity index (χ4v) is 3.28. The van der Waals surface area contributed by atoms with Gasteiger partial charge in [0, 0.05) is 18.6 Å². The maximum atomic E-state index is 12.3. The summed E-state index contributed by atoms with van der Waals surface area (Å²) in [6.45, 7) is 5.69. The van der Waals surface area contributed by atoms with Gasteiger partial charge >= 0.3 is 0 Å². The lowest BCUT2D eigenvalue weighted by atomic mass is 9.84. The number of hydrogen-bond acceptors (Lipinski definition) is 4. The van der Waals surface area contributed by atoms with E-state index in [1.165, 1.54) is 18.2 Å². The molecule has 5 nitrogen and oxygen atoms in total. The zero-order valence-electron chi connectivity index (χ0n) is 12.7. The van der Waals surface area contributed by atoms with Crippen LogP contribution in [-0.2, 0) is 10.0 Å². The standard InChI is InChI=1S/C15H22N2O3S/c1-4-15(5-2,11-18)10-17-21(19,20)14-7-6-13(9-16)12(3)8-14/h6-8,17-18H,4-5,10-11H2,1-3H3. The number of nitrogens with zero attached hydrogens (tertiary/aromatic N) is 1. The highest BCUT2D eigenvalue weighted by atomic mass is 32.2. The monoisotopic (exact) mass is 310 g/mol. The van der Waals surface area contributed by atoms with Crippen LogP contribution < -0.4 is 4.72 Å². The minimum Gasteiger partial charge on any atom is -0.396 e. The second-order valence-corrected chi connectivity index (χ2v) is 7.05. The maximum absolute atomic E-state index is 12.3. The van der Waals surface area contributed by atoms with Gasteiger partial charge in [-0.2, -0.15) is 5.26 Å². The lowest BCUT2D eigenvalue weighted by molar-refractivity contribution is 0.119. The average molecular weight is 310 g/mol. The molecule has 2 N–H and O–H groups in total. The Hall–Kier alpha value is -1.42. The van der Waals surface area contributed by atoms with Crippen molar-refractivity contribution in [2.75, 3.05) is 13.2 Å². The number of aliphatic hydroxyl groups is 1. The van der Waals surface area contributed by atoms with E-state index in [1.807, 2.05) is 19.9 Å². The summed E-state index contributed by atoms with van der Waals surface area (Å²) in [7, 11) is -3.64. The number of aliphatic hydroxyl groups excluding tert-OH is 1. The third-order valence-electron chi connectivity index (χ3n) is 4.10. The largest absolute Gasteiger partial charge is 0.396 e. The van der Waals surface area contributed by atoms with E-state index in [0.717, 1.165) is 0 Å². The molecule has 0 unspecified atom stereocenters. The number of nitriles is 1. The van der Waals surface area contributed by atoms with Crippen LogP contribution in [0.25, 0.3) is 0 Å². The molecule has 0 aliphatic carbocycles. The van der Waals surface area contributed by atoms with E-state index in [1.54, 1.807) is 6.92 Å². The fourth-order valence-electron chi connectivity index (χ4n) is 2.04. The highest BCUT2D eigenvalue weighted by Gasteiger charge is 2.27. The van der Waals surface area contributed by atoms with Gasteiger partial charge in [0.25, 0.3) is 0 Å². The molecular weight excluding hydrogens is 288 g/mol. The highest BCUT2D eigenvalue weighted by Crippen LogP contribution is 2.25. The Morgan fingerprint density at radius 2 is 1.95 bits per heavy atom. The van der Waals surface area contributed by atoms with E-state index >= 15 is 0 Å². The molecule has 0 fully saturated rings. The number of benzene rings is 1. The van der Waals surface area contributed by atoms with Crippen LogP contribution in [0.5, 0.6) is 0 Å². The molecule has 0 saturated heterocycles. The maximum Gasteiger partial charge on any atom is 0.240 e. The molecule has 0 bridgehead atoms. The summed E-state index contributed by atoms with van der Waals surface area (Å²) >= 11 is 0. The molecule has 0 aromatic heterocycles. The molecule has 1 rings (SSSR count). The Balaban J connectivity index is 2.97. The Bertz CT molecular complexity index is 621. The molecule has 0 aliphatic heterocycles. The molecule has 0 amide bonds. The van der Waals surface area contributed by atoms with Gasteiger partial charge in [-0.15, -0.1) is 0 Å². The van der Waals surface area contributed by atoms with E-state index < -0.39 is 15.4 Å². The van der Waals surface area contributed by atoms with Crippen molar-refractivity contribution in [3.8, 4) is 6.07 Å². The molecule has 6 heteroatoms. The van der Waals surface area contributed by atoms with E-state index in [-0.39, 0.29) is 18.0 Å². The van der Waals surface area contributed by atoms with Crippen LogP contribution in [0.3, 0.4) is 0 Å². The predicted octanol–water partition coefficient (Wildman–Crippen LogP) is 1.94. The van der Waals surface area contributed by atoms with Crippen LogP contribution in [0, 0.1) is 23.7 Å². The van der Waals surface area contributed by atoms with Gasteiger partial charge in [-0.1, -0.05) is 13.8 Å². The summed E-state index contributed by atoms with van der Waals surface area (Å²) in [4.78, 5) is 0.137. The first-order chi connectivity index (χ1) is 9.84. The molecule has 0 radical (unpaired) electrons. The van der Waals surface area contributed by atoms with Gasteiger partial charge in [0.1, 0.15) is 0 Å². The molecule has 1 aromatic carbocycles. The molecule has 116 valence electrons. The SMILES string of the molecule is CCC(CC)(CO)CNS(=O)(=O)c1ccc(C#N)c(C)c1. The fraction of sp³-hybridized carbons (Fsp3) is 0.533. The molecule has 0 aliphatic rings. The van der Waals surface area contributed by atoms with Crippen molar-refractivity contribution in [3.63, 3.8) is 0 Å². The average Bonchev–Trinajstić information content (AvgIpc) is 2.49. The van der Waals surface area contributed by atoms with Crippen molar-refractivity contribution in [2.24, 2.45) is 5.41 Å².